The Kier molecular flexibility index (Phi) is 6.86. The van der Waals surface area contributed by atoms with Crippen molar-refractivity contribution < 1.29 is 4.79 Å². The quantitative estimate of drug-likeness (QED) is 0.529. The molecular formula is C21H28N2O. The summed E-state index contributed by atoms with van der Waals surface area (Å²) in [4.78, 5) is 12.7. The number of para-hydroxylation sites is 1. The van der Waals surface area contributed by atoms with Gasteiger partial charge in [-0.3, -0.25) is 4.79 Å². The number of hydrogen-bond acceptors (Lipinski definition) is 2. The second-order valence-electron chi connectivity index (χ2n) is 6.21. The molecule has 3 heteroatoms. The predicted octanol–water partition coefficient (Wildman–Crippen LogP) is 5.02. The molecule has 2 aromatic carbocycles. The number of hydrogen-bond donors (Lipinski definition) is 2. The highest BCUT2D eigenvalue weighted by atomic mass is 16.1. The third kappa shape index (κ3) is 4.60. The van der Waals surface area contributed by atoms with E-state index in [0.29, 0.717) is 11.3 Å². The zero-order chi connectivity index (χ0) is 17.4. The number of nitrogens with one attached hydrogen (secondary N) is 1. The Hall–Kier alpha value is -2.29. The lowest BCUT2D eigenvalue weighted by molar-refractivity contribution is 0.0934. The molecule has 0 heterocycles. The van der Waals surface area contributed by atoms with Crippen molar-refractivity contribution in [2.24, 2.45) is 0 Å². The molecule has 0 aromatic heterocycles. The Morgan fingerprint density at radius 2 is 1.79 bits per heavy atom. The van der Waals surface area contributed by atoms with Crippen molar-refractivity contribution in [1.82, 2.24) is 5.32 Å². The molecule has 0 fully saturated rings. The largest absolute Gasteiger partial charge is 0.398 e. The highest BCUT2D eigenvalue weighted by Gasteiger charge is 2.16. The first-order chi connectivity index (χ1) is 11.7. The van der Waals surface area contributed by atoms with Crippen molar-refractivity contribution in [3.8, 4) is 11.1 Å². The first-order valence-corrected chi connectivity index (χ1v) is 8.92. The Bertz CT molecular complexity index is 652. The minimum absolute atomic E-state index is 0.0753. The maximum Gasteiger partial charge on any atom is 0.253 e. The number of carbonyl (C=O) groups is 1. The third-order valence-corrected chi connectivity index (χ3v) is 4.42. The van der Waals surface area contributed by atoms with Crippen LogP contribution in [-0.4, -0.2) is 11.9 Å². The van der Waals surface area contributed by atoms with Gasteiger partial charge in [0.1, 0.15) is 0 Å². The van der Waals surface area contributed by atoms with E-state index >= 15 is 0 Å². The Morgan fingerprint density at radius 1 is 1.04 bits per heavy atom. The van der Waals surface area contributed by atoms with E-state index in [2.05, 4.69) is 19.2 Å². The summed E-state index contributed by atoms with van der Waals surface area (Å²) < 4.78 is 0. The van der Waals surface area contributed by atoms with Gasteiger partial charge in [-0.1, -0.05) is 75.6 Å². The van der Waals surface area contributed by atoms with E-state index in [1.807, 2.05) is 42.5 Å². The number of carbonyl (C=O) groups excluding carboxylic acids is 1. The van der Waals surface area contributed by atoms with Gasteiger partial charge in [-0.2, -0.15) is 0 Å². The SMILES string of the molecule is CCCCCC(CC)NC(=O)c1cccc(-c2ccccc2)c1N. The van der Waals surface area contributed by atoms with E-state index < -0.39 is 0 Å². The Labute approximate surface area is 145 Å². The van der Waals surface area contributed by atoms with Crippen molar-refractivity contribution in [1.29, 1.82) is 0 Å². The van der Waals surface area contributed by atoms with Crippen LogP contribution in [0.25, 0.3) is 11.1 Å². The molecule has 2 rings (SSSR count). The van der Waals surface area contributed by atoms with Crippen LogP contribution in [0.4, 0.5) is 5.69 Å². The maximum absolute atomic E-state index is 12.7. The molecule has 1 unspecified atom stereocenters. The van der Waals surface area contributed by atoms with Crippen molar-refractivity contribution in [3.63, 3.8) is 0 Å². The lowest BCUT2D eigenvalue weighted by atomic mass is 9.99. The third-order valence-electron chi connectivity index (χ3n) is 4.42. The van der Waals surface area contributed by atoms with Gasteiger partial charge in [-0.05, 0) is 24.5 Å². The van der Waals surface area contributed by atoms with Gasteiger partial charge in [0, 0.05) is 11.6 Å². The van der Waals surface area contributed by atoms with Crippen LogP contribution in [-0.2, 0) is 0 Å². The molecule has 0 radical (unpaired) electrons. The van der Waals surface area contributed by atoms with Crippen LogP contribution in [0.5, 0.6) is 0 Å². The minimum atomic E-state index is -0.0753. The molecule has 0 bridgehead atoms. The van der Waals surface area contributed by atoms with E-state index in [0.717, 1.165) is 30.4 Å². The van der Waals surface area contributed by atoms with E-state index in [1.54, 1.807) is 6.07 Å². The number of anilines is 1. The summed E-state index contributed by atoms with van der Waals surface area (Å²) in [5.41, 5.74) is 9.33. The smallest absolute Gasteiger partial charge is 0.253 e. The highest BCUT2D eigenvalue weighted by molar-refractivity contribution is 6.02. The summed E-state index contributed by atoms with van der Waals surface area (Å²) in [6.45, 7) is 4.30. The normalized spacial score (nSPS) is 11.9. The molecule has 2 aromatic rings. The molecule has 24 heavy (non-hydrogen) atoms. The second kappa shape index (κ2) is 9.11. The van der Waals surface area contributed by atoms with E-state index in [1.165, 1.54) is 12.8 Å². The summed E-state index contributed by atoms with van der Waals surface area (Å²) in [5.74, 6) is -0.0753. The van der Waals surface area contributed by atoms with Gasteiger partial charge in [-0.15, -0.1) is 0 Å². The minimum Gasteiger partial charge on any atom is -0.398 e. The van der Waals surface area contributed by atoms with Crippen LogP contribution >= 0.6 is 0 Å². The van der Waals surface area contributed by atoms with Crippen molar-refractivity contribution in [2.75, 3.05) is 5.73 Å². The molecule has 0 aliphatic heterocycles. The van der Waals surface area contributed by atoms with Crippen LogP contribution in [0.3, 0.4) is 0 Å². The van der Waals surface area contributed by atoms with Gasteiger partial charge >= 0.3 is 0 Å². The summed E-state index contributed by atoms with van der Waals surface area (Å²) >= 11 is 0. The number of rotatable bonds is 8. The summed E-state index contributed by atoms with van der Waals surface area (Å²) in [6, 6.07) is 15.8. The lowest BCUT2D eigenvalue weighted by Gasteiger charge is -2.18. The molecule has 0 saturated heterocycles. The number of benzene rings is 2. The van der Waals surface area contributed by atoms with E-state index in [9.17, 15) is 4.79 Å². The van der Waals surface area contributed by atoms with Crippen LogP contribution < -0.4 is 11.1 Å². The average molecular weight is 324 g/mol. The predicted molar refractivity (Wildman–Crippen MR) is 102 cm³/mol. The summed E-state index contributed by atoms with van der Waals surface area (Å²) in [6.07, 6.45) is 5.51. The van der Waals surface area contributed by atoms with Gasteiger partial charge in [0.15, 0.2) is 0 Å². The maximum atomic E-state index is 12.7. The average Bonchev–Trinajstić information content (AvgIpc) is 2.61. The number of unbranched alkanes of at least 4 members (excludes halogenated alkanes) is 2. The van der Waals surface area contributed by atoms with Gasteiger partial charge in [0.05, 0.1) is 11.3 Å². The van der Waals surface area contributed by atoms with Crippen LogP contribution in [0.15, 0.2) is 48.5 Å². The van der Waals surface area contributed by atoms with Gasteiger partial charge in [-0.25, -0.2) is 0 Å². The van der Waals surface area contributed by atoms with Crippen LogP contribution in [0.2, 0.25) is 0 Å². The monoisotopic (exact) mass is 324 g/mol. The number of nitrogens with two attached hydrogens (primary N) is 1. The van der Waals surface area contributed by atoms with Crippen molar-refractivity contribution >= 4 is 11.6 Å². The van der Waals surface area contributed by atoms with E-state index in [-0.39, 0.29) is 11.9 Å². The number of amides is 1. The molecule has 1 amide bonds. The molecule has 1 atom stereocenters. The number of nitrogen functional groups attached to an aromatic ring is 1. The van der Waals surface area contributed by atoms with Crippen molar-refractivity contribution in [3.05, 3.63) is 54.1 Å². The Morgan fingerprint density at radius 3 is 2.46 bits per heavy atom. The van der Waals surface area contributed by atoms with Crippen LogP contribution in [0.1, 0.15) is 56.3 Å². The molecule has 128 valence electrons. The molecule has 3 N–H and O–H groups in total. The van der Waals surface area contributed by atoms with Crippen molar-refractivity contribution in [2.45, 2.75) is 52.0 Å². The standard InChI is InChI=1S/C21H28N2O/c1-3-5-7-13-17(4-2)23-21(24)19-15-10-14-18(20(19)22)16-11-8-6-9-12-16/h6,8-12,14-15,17H,3-5,7,13,22H2,1-2H3,(H,23,24). The van der Waals surface area contributed by atoms with Crippen LogP contribution in [0, 0.1) is 0 Å². The highest BCUT2D eigenvalue weighted by Crippen LogP contribution is 2.28. The first kappa shape index (κ1) is 18.1. The van der Waals surface area contributed by atoms with E-state index in [4.69, 9.17) is 5.73 Å². The topological polar surface area (TPSA) is 55.1 Å². The fraction of sp³-hybridized carbons (Fsp3) is 0.381. The zero-order valence-electron chi connectivity index (χ0n) is 14.7. The van der Waals surface area contributed by atoms with Gasteiger partial charge in [0.25, 0.3) is 5.91 Å². The molecule has 3 nitrogen and oxygen atoms in total. The fourth-order valence-corrected chi connectivity index (χ4v) is 2.91. The second-order valence-corrected chi connectivity index (χ2v) is 6.21. The van der Waals surface area contributed by atoms with Gasteiger partial charge in [0.2, 0.25) is 0 Å². The molecule has 0 saturated carbocycles. The zero-order valence-corrected chi connectivity index (χ0v) is 14.7. The lowest BCUT2D eigenvalue weighted by Crippen LogP contribution is -2.34. The Balaban J connectivity index is 2.15. The first-order valence-electron chi connectivity index (χ1n) is 8.92. The molecular weight excluding hydrogens is 296 g/mol. The molecule has 0 aliphatic rings. The molecule has 0 spiro atoms. The molecule has 0 aliphatic carbocycles. The fourth-order valence-electron chi connectivity index (χ4n) is 2.91. The van der Waals surface area contributed by atoms with Gasteiger partial charge < -0.3 is 11.1 Å². The summed E-state index contributed by atoms with van der Waals surface area (Å²) in [7, 11) is 0. The summed E-state index contributed by atoms with van der Waals surface area (Å²) in [5, 5.41) is 3.14.